The number of fused-ring (bicyclic) bond motifs is 1. The van der Waals surface area contributed by atoms with Crippen molar-refractivity contribution in [2.24, 2.45) is 0 Å². The van der Waals surface area contributed by atoms with Crippen molar-refractivity contribution in [3.63, 3.8) is 0 Å². The molecule has 12 heteroatoms. The van der Waals surface area contributed by atoms with Crippen LogP contribution >= 0.6 is 0 Å². The van der Waals surface area contributed by atoms with Gasteiger partial charge in [0.25, 0.3) is 10.0 Å². The van der Waals surface area contributed by atoms with Crippen molar-refractivity contribution in [3.8, 4) is 17.0 Å². The molecule has 1 aliphatic carbocycles. The van der Waals surface area contributed by atoms with E-state index in [1.807, 2.05) is 23.7 Å². The molecule has 2 heterocycles. The molecule has 0 unspecified atom stereocenters. The first kappa shape index (κ1) is 24.6. The normalized spacial score (nSPS) is 13.1. The summed E-state index contributed by atoms with van der Waals surface area (Å²) in [4.78, 5) is 18.9. The average Bonchev–Trinajstić information content (AvgIpc) is 3.50. The maximum atomic E-state index is 14.9. The molecule has 10 nitrogen and oxygen atoms in total. The lowest BCUT2D eigenvalue weighted by Crippen LogP contribution is -2.35. The maximum Gasteiger partial charge on any atom is 0.333 e. The van der Waals surface area contributed by atoms with Gasteiger partial charge in [0.1, 0.15) is 5.82 Å². The topological polar surface area (TPSA) is 118 Å². The lowest BCUT2D eigenvalue weighted by Gasteiger charge is -2.17. The molecule has 0 spiro atoms. The fraction of sp³-hybridized carbons (Fsp3) is 0.348. The monoisotopic (exact) mass is 502 g/mol. The number of benzene rings is 1. The molecule has 1 aliphatic rings. The number of ether oxygens (including phenoxy) is 1. The van der Waals surface area contributed by atoms with Gasteiger partial charge in [0.15, 0.2) is 5.03 Å². The Labute approximate surface area is 203 Å². The van der Waals surface area contributed by atoms with Crippen molar-refractivity contribution in [2.75, 3.05) is 33.1 Å². The number of amides is 2. The standard InChI is InChI=1S/C23H27FN6O4S/c1-29(2)11-12-30-10-8-21(27-30)35(32,33)28-23(31)26-22-17-6-4-5-16(17)19(24)14-18(22)15-7-9-25-20(13-15)34-3/h7-10,13-14H,4-6,11-12H2,1-3H3,(H2,26,28,31). The summed E-state index contributed by atoms with van der Waals surface area (Å²) in [6.45, 7) is 1.17. The predicted molar refractivity (Wildman–Crippen MR) is 128 cm³/mol. The summed E-state index contributed by atoms with van der Waals surface area (Å²) in [5, 5.41) is 6.44. The van der Waals surface area contributed by atoms with Gasteiger partial charge in [-0.25, -0.2) is 18.9 Å². The van der Waals surface area contributed by atoms with Crippen LogP contribution in [0.3, 0.4) is 0 Å². The third-order valence-electron chi connectivity index (χ3n) is 5.74. The summed E-state index contributed by atoms with van der Waals surface area (Å²) >= 11 is 0. The third-order valence-corrected chi connectivity index (χ3v) is 6.96. The average molecular weight is 503 g/mol. The summed E-state index contributed by atoms with van der Waals surface area (Å²) in [6.07, 6.45) is 4.88. The number of nitrogens with zero attached hydrogens (tertiary/aromatic N) is 4. The van der Waals surface area contributed by atoms with Gasteiger partial charge in [-0.15, -0.1) is 0 Å². The molecule has 2 amide bonds. The molecule has 0 atom stereocenters. The minimum Gasteiger partial charge on any atom is -0.481 e. The lowest BCUT2D eigenvalue weighted by atomic mass is 9.97. The number of halogens is 1. The summed E-state index contributed by atoms with van der Waals surface area (Å²) in [5.41, 5.74) is 2.51. The highest BCUT2D eigenvalue weighted by Crippen LogP contribution is 2.39. The largest absolute Gasteiger partial charge is 0.481 e. The number of anilines is 1. The minimum atomic E-state index is -4.22. The van der Waals surface area contributed by atoms with Crippen molar-refractivity contribution < 1.29 is 22.3 Å². The Kier molecular flexibility index (Phi) is 7.03. The molecule has 0 aliphatic heterocycles. The van der Waals surface area contributed by atoms with Gasteiger partial charge in [-0.05, 0) is 68.2 Å². The quantitative estimate of drug-likeness (QED) is 0.486. The number of pyridine rings is 1. The van der Waals surface area contributed by atoms with Gasteiger partial charge < -0.3 is 15.0 Å². The zero-order valence-corrected chi connectivity index (χ0v) is 20.5. The molecule has 2 aromatic heterocycles. The number of hydrogen-bond donors (Lipinski definition) is 2. The fourth-order valence-electron chi connectivity index (χ4n) is 4.02. The van der Waals surface area contributed by atoms with Crippen LogP contribution in [0.2, 0.25) is 0 Å². The summed E-state index contributed by atoms with van der Waals surface area (Å²) in [6, 6.07) is 5.00. The predicted octanol–water partition coefficient (Wildman–Crippen LogP) is 2.65. The van der Waals surface area contributed by atoms with Crippen LogP contribution in [0.25, 0.3) is 11.1 Å². The highest BCUT2D eigenvalue weighted by Gasteiger charge is 2.26. The van der Waals surface area contributed by atoms with Crippen molar-refractivity contribution in [2.45, 2.75) is 30.8 Å². The van der Waals surface area contributed by atoms with Crippen molar-refractivity contribution in [1.82, 2.24) is 24.4 Å². The zero-order chi connectivity index (χ0) is 25.2. The molecule has 3 aromatic rings. The van der Waals surface area contributed by atoms with E-state index in [-0.39, 0.29) is 10.8 Å². The van der Waals surface area contributed by atoms with Crippen LogP contribution in [0.4, 0.5) is 14.9 Å². The number of carbonyl (C=O) groups is 1. The number of likely N-dealkylation sites (N-methyl/N-ethyl adjacent to an activating group) is 1. The van der Waals surface area contributed by atoms with Gasteiger partial charge in [0.05, 0.1) is 19.3 Å². The number of urea groups is 1. The molecule has 35 heavy (non-hydrogen) atoms. The van der Waals surface area contributed by atoms with Crippen LogP contribution in [0.5, 0.6) is 5.88 Å². The van der Waals surface area contributed by atoms with E-state index in [4.69, 9.17) is 4.74 Å². The van der Waals surface area contributed by atoms with E-state index in [1.54, 1.807) is 12.1 Å². The Hall–Kier alpha value is -3.51. The second kappa shape index (κ2) is 10.0. The minimum absolute atomic E-state index is 0.269. The molecule has 0 bridgehead atoms. The van der Waals surface area contributed by atoms with Crippen LogP contribution in [0.15, 0.2) is 41.7 Å². The zero-order valence-electron chi connectivity index (χ0n) is 19.7. The van der Waals surface area contributed by atoms with Crippen molar-refractivity contribution in [1.29, 1.82) is 0 Å². The molecular weight excluding hydrogens is 475 g/mol. The number of rotatable bonds is 8. The number of hydrogen-bond acceptors (Lipinski definition) is 7. The molecule has 1 aromatic carbocycles. The van der Waals surface area contributed by atoms with Gasteiger partial charge in [-0.1, -0.05) is 0 Å². The summed E-state index contributed by atoms with van der Waals surface area (Å²) < 4.78 is 49.1. The third kappa shape index (κ3) is 5.43. The molecule has 0 saturated carbocycles. The van der Waals surface area contributed by atoms with Crippen LogP contribution in [0.1, 0.15) is 17.5 Å². The number of nitrogens with one attached hydrogen (secondary N) is 2. The van der Waals surface area contributed by atoms with E-state index in [2.05, 4.69) is 15.4 Å². The fourth-order valence-corrected chi connectivity index (χ4v) is 4.87. The number of aromatic nitrogens is 3. The SMILES string of the molecule is COc1cc(-c2cc(F)c3c(c2NC(=O)NS(=O)(=O)c2ccn(CCN(C)C)n2)CCC3)ccn1. The first-order valence-electron chi connectivity index (χ1n) is 11.0. The van der Waals surface area contributed by atoms with Gasteiger partial charge >= 0.3 is 6.03 Å². The number of carbonyl (C=O) groups excluding carboxylic acids is 1. The molecule has 0 fully saturated rings. The van der Waals surface area contributed by atoms with Gasteiger partial charge in [0, 0.05) is 30.6 Å². The van der Waals surface area contributed by atoms with Gasteiger partial charge in [-0.2, -0.15) is 13.5 Å². The Morgan fingerprint density at radius 3 is 2.74 bits per heavy atom. The Bertz CT molecular complexity index is 1360. The van der Waals surface area contributed by atoms with E-state index in [9.17, 15) is 17.6 Å². The van der Waals surface area contributed by atoms with Crippen LogP contribution in [-0.4, -0.2) is 61.9 Å². The molecule has 2 N–H and O–H groups in total. The van der Waals surface area contributed by atoms with Crippen LogP contribution in [0, 0.1) is 5.82 Å². The molecule has 0 radical (unpaired) electrons. The van der Waals surface area contributed by atoms with E-state index in [0.29, 0.717) is 59.8 Å². The number of sulfonamides is 1. The molecular formula is C23H27FN6O4S. The Morgan fingerprint density at radius 1 is 1.23 bits per heavy atom. The van der Waals surface area contributed by atoms with Crippen LogP contribution in [-0.2, 0) is 29.4 Å². The van der Waals surface area contributed by atoms with Crippen molar-refractivity contribution in [3.05, 3.63) is 53.6 Å². The first-order valence-corrected chi connectivity index (χ1v) is 12.5. The highest BCUT2D eigenvalue weighted by molar-refractivity contribution is 7.90. The van der Waals surface area contributed by atoms with Gasteiger partial charge in [-0.3, -0.25) is 4.68 Å². The van der Waals surface area contributed by atoms with E-state index >= 15 is 0 Å². The van der Waals surface area contributed by atoms with E-state index < -0.39 is 16.1 Å². The second-order valence-electron chi connectivity index (χ2n) is 8.46. The molecule has 0 saturated heterocycles. The van der Waals surface area contributed by atoms with E-state index in [1.165, 1.54) is 36.3 Å². The smallest absolute Gasteiger partial charge is 0.333 e. The maximum absolute atomic E-state index is 14.9. The second-order valence-corrected chi connectivity index (χ2v) is 10.1. The van der Waals surface area contributed by atoms with Gasteiger partial charge in [0.2, 0.25) is 5.88 Å². The first-order chi connectivity index (χ1) is 16.7. The van der Waals surface area contributed by atoms with Crippen molar-refractivity contribution >= 4 is 21.7 Å². The Morgan fingerprint density at radius 2 is 2.00 bits per heavy atom. The number of methoxy groups -OCH3 is 1. The van der Waals surface area contributed by atoms with E-state index in [0.717, 1.165) is 6.42 Å². The molecule has 186 valence electrons. The Balaban J connectivity index is 1.61. The summed E-state index contributed by atoms with van der Waals surface area (Å²) in [5.74, 6) is -0.0450. The lowest BCUT2D eigenvalue weighted by molar-refractivity contribution is 0.256. The summed E-state index contributed by atoms with van der Waals surface area (Å²) in [7, 11) is 1.04. The van der Waals surface area contributed by atoms with Crippen LogP contribution < -0.4 is 14.8 Å². The molecule has 4 rings (SSSR count). The highest BCUT2D eigenvalue weighted by atomic mass is 32.2.